The Morgan fingerprint density at radius 2 is 2.10 bits per heavy atom. The summed E-state index contributed by atoms with van der Waals surface area (Å²) in [7, 11) is 0. The van der Waals surface area contributed by atoms with Crippen molar-refractivity contribution in [3.63, 3.8) is 0 Å². The molecular weight excluding hydrogens is 329 g/mol. The second-order valence-corrected chi connectivity index (χ2v) is 5.56. The van der Waals surface area contributed by atoms with Crippen molar-refractivity contribution < 1.29 is 14.0 Å². The van der Waals surface area contributed by atoms with Crippen LogP contribution in [0.3, 0.4) is 0 Å². The predicted molar refractivity (Wildman–Crippen MR) is 76.6 cm³/mol. The highest BCUT2D eigenvalue weighted by Gasteiger charge is 2.23. The van der Waals surface area contributed by atoms with E-state index in [1.165, 1.54) is 6.07 Å². The summed E-state index contributed by atoms with van der Waals surface area (Å²) >= 11 is 3.11. The van der Waals surface area contributed by atoms with Gasteiger partial charge in [-0.1, -0.05) is 0 Å². The Hall–Kier alpha value is -1.63. The van der Waals surface area contributed by atoms with Gasteiger partial charge in [-0.3, -0.25) is 9.59 Å². The van der Waals surface area contributed by atoms with Crippen LogP contribution in [-0.4, -0.2) is 24.4 Å². The number of nitrogens with one attached hydrogen (secondary N) is 2. The van der Waals surface area contributed by atoms with Crippen molar-refractivity contribution in [2.75, 3.05) is 12.3 Å². The second-order valence-electron chi connectivity index (χ2n) is 4.70. The van der Waals surface area contributed by atoms with Gasteiger partial charge in [0.05, 0.1) is 11.3 Å². The molecule has 1 aliphatic rings. The number of hydrogen-bond donors (Lipinski definition) is 3. The largest absolute Gasteiger partial charge is 0.396 e. The fourth-order valence-electron chi connectivity index (χ4n) is 1.65. The van der Waals surface area contributed by atoms with Crippen LogP contribution in [0.1, 0.15) is 29.6 Å². The maximum Gasteiger partial charge on any atom is 0.252 e. The van der Waals surface area contributed by atoms with Gasteiger partial charge in [0.2, 0.25) is 5.91 Å². The summed E-state index contributed by atoms with van der Waals surface area (Å²) in [5.41, 5.74) is 5.58. The minimum absolute atomic E-state index is 0.0783. The summed E-state index contributed by atoms with van der Waals surface area (Å²) in [5, 5.41) is 5.43. The minimum atomic E-state index is -0.586. The highest BCUT2D eigenvalue weighted by atomic mass is 79.9. The first-order chi connectivity index (χ1) is 9.47. The Morgan fingerprint density at radius 1 is 1.40 bits per heavy atom. The fourth-order valence-corrected chi connectivity index (χ4v) is 2.15. The lowest BCUT2D eigenvalue weighted by Gasteiger charge is -2.08. The molecule has 0 radical (unpaired) electrons. The van der Waals surface area contributed by atoms with Gasteiger partial charge in [-0.25, -0.2) is 4.39 Å². The van der Waals surface area contributed by atoms with Crippen LogP contribution in [0.2, 0.25) is 0 Å². The number of anilines is 1. The molecule has 0 heterocycles. The zero-order valence-electron chi connectivity index (χ0n) is 10.7. The summed E-state index contributed by atoms with van der Waals surface area (Å²) in [5.74, 6) is -1.06. The lowest BCUT2D eigenvalue weighted by atomic mass is 10.2. The molecule has 108 valence electrons. The number of hydrogen-bond acceptors (Lipinski definition) is 3. The first-order valence-electron chi connectivity index (χ1n) is 6.29. The molecule has 0 atom stereocenters. The van der Waals surface area contributed by atoms with Crippen LogP contribution in [0.25, 0.3) is 0 Å². The maximum absolute atomic E-state index is 13.2. The monoisotopic (exact) mass is 343 g/mol. The van der Waals surface area contributed by atoms with Crippen LogP contribution >= 0.6 is 15.9 Å². The molecule has 1 aromatic carbocycles. The van der Waals surface area contributed by atoms with Crippen molar-refractivity contribution in [1.29, 1.82) is 0 Å². The molecule has 1 fully saturated rings. The molecule has 2 amide bonds. The van der Waals surface area contributed by atoms with Crippen LogP contribution < -0.4 is 16.4 Å². The van der Waals surface area contributed by atoms with E-state index in [4.69, 9.17) is 5.73 Å². The number of amides is 2. The zero-order valence-corrected chi connectivity index (χ0v) is 12.3. The van der Waals surface area contributed by atoms with Gasteiger partial charge >= 0.3 is 0 Å². The van der Waals surface area contributed by atoms with Crippen molar-refractivity contribution in [3.8, 4) is 0 Å². The van der Waals surface area contributed by atoms with E-state index in [2.05, 4.69) is 26.6 Å². The first kappa shape index (κ1) is 14.8. The third-order valence-corrected chi connectivity index (χ3v) is 3.57. The van der Waals surface area contributed by atoms with Gasteiger partial charge in [-0.05, 0) is 40.9 Å². The van der Waals surface area contributed by atoms with Crippen LogP contribution in [0.15, 0.2) is 16.6 Å². The average molecular weight is 344 g/mol. The Kier molecular flexibility index (Phi) is 4.59. The average Bonchev–Trinajstić information content (AvgIpc) is 3.17. The fraction of sp³-hybridized carbons (Fsp3) is 0.385. The van der Waals surface area contributed by atoms with E-state index < -0.39 is 11.7 Å². The molecule has 0 spiro atoms. The minimum Gasteiger partial charge on any atom is -0.396 e. The van der Waals surface area contributed by atoms with Crippen molar-refractivity contribution in [1.82, 2.24) is 10.6 Å². The third kappa shape index (κ3) is 3.93. The molecule has 7 heteroatoms. The molecule has 0 aliphatic heterocycles. The summed E-state index contributed by atoms with van der Waals surface area (Å²) < 4.78 is 13.5. The number of nitrogens with two attached hydrogens (primary N) is 1. The highest BCUT2D eigenvalue weighted by molar-refractivity contribution is 9.10. The molecule has 0 bridgehead atoms. The topological polar surface area (TPSA) is 84.2 Å². The standard InChI is InChI=1S/C13H15BrFN3O2/c14-9-6-10(15)11(16)5-8(9)13(20)17-4-3-12(19)18-7-1-2-7/h5-7H,1-4,16H2,(H,17,20)(H,18,19). The number of nitrogen functional groups attached to an aromatic ring is 1. The molecule has 1 aliphatic carbocycles. The van der Waals surface area contributed by atoms with Crippen LogP contribution in [0.4, 0.5) is 10.1 Å². The van der Waals surface area contributed by atoms with E-state index in [9.17, 15) is 14.0 Å². The van der Waals surface area contributed by atoms with E-state index in [1.54, 1.807) is 0 Å². The van der Waals surface area contributed by atoms with Gasteiger partial charge in [-0.15, -0.1) is 0 Å². The second kappa shape index (κ2) is 6.21. The number of benzene rings is 1. The SMILES string of the molecule is Nc1cc(C(=O)NCCC(=O)NC2CC2)c(Br)cc1F. The number of rotatable bonds is 5. The normalized spacial score (nSPS) is 13.9. The van der Waals surface area contributed by atoms with Crippen molar-refractivity contribution in [2.24, 2.45) is 0 Å². The summed E-state index contributed by atoms with van der Waals surface area (Å²) in [6.45, 7) is 0.223. The molecule has 0 aromatic heterocycles. The predicted octanol–water partition coefficient (Wildman–Crippen LogP) is 1.57. The van der Waals surface area contributed by atoms with Crippen LogP contribution in [0, 0.1) is 5.82 Å². The summed E-state index contributed by atoms with van der Waals surface area (Å²) in [6.07, 6.45) is 2.27. The van der Waals surface area contributed by atoms with E-state index in [-0.39, 0.29) is 30.1 Å². The Morgan fingerprint density at radius 3 is 2.75 bits per heavy atom. The van der Waals surface area contributed by atoms with Crippen molar-refractivity contribution in [2.45, 2.75) is 25.3 Å². The molecule has 1 aromatic rings. The molecule has 1 saturated carbocycles. The van der Waals surface area contributed by atoms with Gasteiger partial charge in [-0.2, -0.15) is 0 Å². The smallest absolute Gasteiger partial charge is 0.252 e. The molecule has 0 unspecified atom stereocenters. The Labute approximate surface area is 124 Å². The van der Waals surface area contributed by atoms with Gasteiger partial charge in [0.15, 0.2) is 0 Å². The van der Waals surface area contributed by atoms with E-state index in [1.807, 2.05) is 0 Å². The lowest BCUT2D eigenvalue weighted by Crippen LogP contribution is -2.31. The molecule has 4 N–H and O–H groups in total. The number of carbonyl (C=O) groups excluding carboxylic acids is 2. The summed E-state index contributed by atoms with van der Waals surface area (Å²) in [4.78, 5) is 23.3. The van der Waals surface area contributed by atoms with E-state index >= 15 is 0 Å². The molecule has 20 heavy (non-hydrogen) atoms. The quantitative estimate of drug-likeness (QED) is 0.709. The third-order valence-electron chi connectivity index (χ3n) is 2.91. The van der Waals surface area contributed by atoms with Gasteiger partial charge in [0, 0.05) is 23.5 Å². The summed E-state index contributed by atoms with van der Waals surface area (Å²) in [6, 6.07) is 2.72. The molecule has 0 saturated heterocycles. The zero-order chi connectivity index (χ0) is 14.7. The van der Waals surface area contributed by atoms with Crippen LogP contribution in [0.5, 0.6) is 0 Å². The maximum atomic E-state index is 13.2. The number of carbonyl (C=O) groups is 2. The van der Waals surface area contributed by atoms with Gasteiger partial charge in [0.25, 0.3) is 5.91 Å². The van der Waals surface area contributed by atoms with E-state index in [0.29, 0.717) is 10.5 Å². The van der Waals surface area contributed by atoms with Crippen molar-refractivity contribution >= 4 is 33.4 Å². The highest BCUT2D eigenvalue weighted by Crippen LogP contribution is 2.22. The molecule has 5 nitrogen and oxygen atoms in total. The van der Waals surface area contributed by atoms with Gasteiger partial charge < -0.3 is 16.4 Å². The van der Waals surface area contributed by atoms with Gasteiger partial charge in [0.1, 0.15) is 5.82 Å². The lowest BCUT2D eigenvalue weighted by molar-refractivity contribution is -0.121. The Balaban J connectivity index is 1.85. The Bertz CT molecular complexity index is 547. The molecule has 2 rings (SSSR count). The van der Waals surface area contributed by atoms with Crippen molar-refractivity contribution in [3.05, 3.63) is 28.0 Å². The van der Waals surface area contributed by atoms with E-state index in [0.717, 1.165) is 18.9 Å². The molecular formula is C13H15BrFN3O2. The first-order valence-corrected chi connectivity index (χ1v) is 7.08. The van der Waals surface area contributed by atoms with Crippen LogP contribution in [-0.2, 0) is 4.79 Å². The number of halogens is 2.